The second-order valence-electron chi connectivity index (χ2n) is 6.62. The first-order valence-electron chi connectivity index (χ1n) is 8.99. The molecule has 0 bridgehead atoms. The van der Waals surface area contributed by atoms with Gasteiger partial charge in [0, 0.05) is 31.3 Å². The van der Waals surface area contributed by atoms with Crippen LogP contribution in [0, 0.1) is 0 Å². The lowest BCUT2D eigenvalue weighted by molar-refractivity contribution is -0.117. The van der Waals surface area contributed by atoms with E-state index in [1.807, 2.05) is 36.4 Å². The molecule has 2 aliphatic rings. The van der Waals surface area contributed by atoms with Gasteiger partial charge in [0.25, 0.3) is 0 Å². The number of anilines is 1. The van der Waals surface area contributed by atoms with Gasteiger partial charge in [-0.2, -0.15) is 0 Å². The normalized spacial score (nSPS) is 17.5. The van der Waals surface area contributed by atoms with E-state index in [0.717, 1.165) is 11.3 Å². The van der Waals surface area contributed by atoms with Crippen LogP contribution in [0.3, 0.4) is 0 Å². The van der Waals surface area contributed by atoms with Crippen molar-refractivity contribution >= 4 is 17.6 Å². The lowest BCUT2D eigenvalue weighted by Crippen LogP contribution is -2.43. The lowest BCUT2D eigenvalue weighted by atomic mass is 10.2. The Morgan fingerprint density at radius 2 is 2.07 bits per heavy atom. The Hall–Kier alpha value is -3.42. The SMILES string of the molecule is COc1cccc(N2CC(NC(=O)NCc3ccc4c(c3)OCO4)CC2=O)c1. The molecule has 146 valence electrons. The van der Waals surface area contributed by atoms with Crippen molar-refractivity contribution in [3.8, 4) is 17.2 Å². The number of carbonyl (C=O) groups is 2. The van der Waals surface area contributed by atoms with Gasteiger partial charge < -0.3 is 29.7 Å². The molecule has 2 aromatic rings. The molecular formula is C20H21N3O5. The third kappa shape index (κ3) is 3.80. The zero-order valence-electron chi connectivity index (χ0n) is 15.4. The second kappa shape index (κ2) is 7.67. The predicted molar refractivity (Wildman–Crippen MR) is 102 cm³/mol. The van der Waals surface area contributed by atoms with Crippen LogP contribution in [0.4, 0.5) is 10.5 Å². The van der Waals surface area contributed by atoms with Crippen molar-refractivity contribution in [2.75, 3.05) is 25.3 Å². The molecule has 2 aliphatic heterocycles. The molecule has 0 aliphatic carbocycles. The summed E-state index contributed by atoms with van der Waals surface area (Å²) in [4.78, 5) is 26.2. The number of benzene rings is 2. The third-order valence-electron chi connectivity index (χ3n) is 4.72. The van der Waals surface area contributed by atoms with E-state index in [2.05, 4.69) is 10.6 Å². The average molecular weight is 383 g/mol. The summed E-state index contributed by atoms with van der Waals surface area (Å²) < 4.78 is 15.8. The van der Waals surface area contributed by atoms with Gasteiger partial charge in [0.2, 0.25) is 12.7 Å². The summed E-state index contributed by atoms with van der Waals surface area (Å²) in [6, 6.07) is 12.3. The highest BCUT2D eigenvalue weighted by molar-refractivity contribution is 5.97. The first kappa shape index (κ1) is 18.0. The molecule has 1 atom stereocenters. The number of carbonyl (C=O) groups excluding carboxylic acids is 2. The molecule has 0 aromatic heterocycles. The molecule has 4 rings (SSSR count). The lowest BCUT2D eigenvalue weighted by Gasteiger charge is -2.18. The van der Waals surface area contributed by atoms with E-state index in [0.29, 0.717) is 30.3 Å². The van der Waals surface area contributed by atoms with Gasteiger partial charge in [0.15, 0.2) is 11.5 Å². The fourth-order valence-electron chi connectivity index (χ4n) is 3.30. The maximum absolute atomic E-state index is 12.3. The molecule has 2 N–H and O–H groups in total. The molecular weight excluding hydrogens is 362 g/mol. The molecule has 1 unspecified atom stereocenters. The molecule has 0 radical (unpaired) electrons. The predicted octanol–water partition coefficient (Wildman–Crippen LogP) is 2.03. The van der Waals surface area contributed by atoms with Crippen LogP contribution >= 0.6 is 0 Å². The number of methoxy groups -OCH3 is 1. The highest BCUT2D eigenvalue weighted by Gasteiger charge is 2.31. The van der Waals surface area contributed by atoms with Crippen molar-refractivity contribution in [1.82, 2.24) is 10.6 Å². The Labute approximate surface area is 162 Å². The third-order valence-corrected chi connectivity index (χ3v) is 4.72. The summed E-state index contributed by atoms with van der Waals surface area (Å²) in [5.74, 6) is 2.03. The van der Waals surface area contributed by atoms with E-state index in [4.69, 9.17) is 14.2 Å². The van der Waals surface area contributed by atoms with Crippen molar-refractivity contribution in [3.05, 3.63) is 48.0 Å². The zero-order chi connectivity index (χ0) is 19.5. The number of nitrogens with one attached hydrogen (secondary N) is 2. The number of ether oxygens (including phenoxy) is 3. The number of fused-ring (bicyclic) bond motifs is 1. The summed E-state index contributed by atoms with van der Waals surface area (Å²) in [7, 11) is 1.58. The smallest absolute Gasteiger partial charge is 0.315 e. The Balaban J connectivity index is 1.30. The highest BCUT2D eigenvalue weighted by Crippen LogP contribution is 2.32. The summed E-state index contributed by atoms with van der Waals surface area (Å²) in [5.41, 5.74) is 1.66. The van der Waals surface area contributed by atoms with Gasteiger partial charge in [-0.1, -0.05) is 12.1 Å². The van der Waals surface area contributed by atoms with Gasteiger partial charge in [0.1, 0.15) is 5.75 Å². The molecule has 1 fully saturated rings. The summed E-state index contributed by atoms with van der Waals surface area (Å²) >= 11 is 0. The van der Waals surface area contributed by atoms with Crippen LogP contribution in [-0.4, -0.2) is 38.4 Å². The maximum Gasteiger partial charge on any atom is 0.315 e. The van der Waals surface area contributed by atoms with Gasteiger partial charge in [-0.05, 0) is 29.8 Å². The zero-order valence-corrected chi connectivity index (χ0v) is 15.4. The fraction of sp³-hybridized carbons (Fsp3) is 0.300. The summed E-state index contributed by atoms with van der Waals surface area (Å²) in [6.07, 6.45) is 0.259. The van der Waals surface area contributed by atoms with Crippen molar-refractivity contribution < 1.29 is 23.8 Å². The molecule has 2 aromatic carbocycles. The van der Waals surface area contributed by atoms with Gasteiger partial charge in [-0.25, -0.2) is 4.79 Å². The van der Waals surface area contributed by atoms with Gasteiger partial charge in [-0.3, -0.25) is 4.79 Å². The van der Waals surface area contributed by atoms with E-state index in [1.54, 1.807) is 18.1 Å². The average Bonchev–Trinajstić information content (AvgIpc) is 3.32. The number of amides is 3. The number of nitrogens with zero attached hydrogens (tertiary/aromatic N) is 1. The summed E-state index contributed by atoms with van der Waals surface area (Å²) in [5, 5.41) is 5.67. The van der Waals surface area contributed by atoms with E-state index in [1.165, 1.54) is 0 Å². The number of hydrogen-bond acceptors (Lipinski definition) is 5. The van der Waals surface area contributed by atoms with Crippen LogP contribution in [0.2, 0.25) is 0 Å². The molecule has 8 nitrogen and oxygen atoms in total. The van der Waals surface area contributed by atoms with Gasteiger partial charge >= 0.3 is 6.03 Å². The molecule has 2 heterocycles. The van der Waals surface area contributed by atoms with E-state index < -0.39 is 0 Å². The van der Waals surface area contributed by atoms with Gasteiger partial charge in [-0.15, -0.1) is 0 Å². The standard InChI is InChI=1S/C20H21N3O5/c1-26-16-4-2-3-15(9-16)23-11-14(8-19(23)24)22-20(25)21-10-13-5-6-17-18(7-13)28-12-27-17/h2-7,9,14H,8,10-12H2,1H3,(H2,21,22,25). The maximum atomic E-state index is 12.3. The van der Waals surface area contributed by atoms with E-state index in [9.17, 15) is 9.59 Å². The number of hydrogen-bond donors (Lipinski definition) is 2. The van der Waals surface area contributed by atoms with Gasteiger partial charge in [0.05, 0.1) is 13.2 Å². The Morgan fingerprint density at radius 1 is 1.21 bits per heavy atom. The van der Waals surface area contributed by atoms with Crippen LogP contribution in [0.5, 0.6) is 17.2 Å². The summed E-state index contributed by atoms with van der Waals surface area (Å²) in [6.45, 7) is 0.985. The van der Waals surface area contributed by atoms with Crippen LogP contribution in [0.15, 0.2) is 42.5 Å². The first-order valence-corrected chi connectivity index (χ1v) is 8.99. The Morgan fingerprint density at radius 3 is 2.93 bits per heavy atom. The molecule has 3 amide bonds. The second-order valence-corrected chi connectivity index (χ2v) is 6.62. The minimum absolute atomic E-state index is 0.0330. The van der Waals surface area contributed by atoms with Crippen molar-refractivity contribution in [3.63, 3.8) is 0 Å². The highest BCUT2D eigenvalue weighted by atomic mass is 16.7. The van der Waals surface area contributed by atoms with Crippen LogP contribution in [0.1, 0.15) is 12.0 Å². The van der Waals surface area contributed by atoms with E-state index in [-0.39, 0.29) is 31.2 Å². The topological polar surface area (TPSA) is 89.1 Å². The van der Waals surface area contributed by atoms with Crippen molar-refractivity contribution in [2.24, 2.45) is 0 Å². The quantitative estimate of drug-likeness (QED) is 0.825. The minimum atomic E-state index is -0.317. The molecule has 0 spiro atoms. The van der Waals surface area contributed by atoms with Crippen LogP contribution < -0.4 is 29.7 Å². The Bertz CT molecular complexity index is 901. The first-order chi connectivity index (χ1) is 13.6. The molecule has 0 saturated carbocycles. The fourth-order valence-corrected chi connectivity index (χ4v) is 3.30. The minimum Gasteiger partial charge on any atom is -0.497 e. The monoisotopic (exact) mass is 383 g/mol. The van der Waals surface area contributed by atoms with E-state index >= 15 is 0 Å². The van der Waals surface area contributed by atoms with Crippen LogP contribution in [-0.2, 0) is 11.3 Å². The van der Waals surface area contributed by atoms with Crippen molar-refractivity contribution in [2.45, 2.75) is 19.0 Å². The van der Waals surface area contributed by atoms with Crippen LogP contribution in [0.25, 0.3) is 0 Å². The number of rotatable bonds is 5. The molecule has 1 saturated heterocycles. The largest absolute Gasteiger partial charge is 0.497 e. The van der Waals surface area contributed by atoms with Crippen molar-refractivity contribution in [1.29, 1.82) is 0 Å². The molecule has 28 heavy (non-hydrogen) atoms. The Kier molecular flexibility index (Phi) is 4.92. The molecule has 8 heteroatoms. The number of urea groups is 1.